The van der Waals surface area contributed by atoms with Crippen LogP contribution in [0.3, 0.4) is 0 Å². The molecule has 1 fully saturated rings. The highest BCUT2D eigenvalue weighted by atomic mass is 16.7. The highest BCUT2D eigenvalue weighted by Gasteiger charge is 2.40. The predicted molar refractivity (Wildman–Crippen MR) is 109 cm³/mol. The van der Waals surface area contributed by atoms with Crippen molar-refractivity contribution in [1.82, 2.24) is 5.06 Å². The molecule has 0 aromatic rings. The van der Waals surface area contributed by atoms with Gasteiger partial charge in [0.2, 0.25) is 5.78 Å². The van der Waals surface area contributed by atoms with Gasteiger partial charge >= 0.3 is 17.8 Å². The van der Waals surface area contributed by atoms with Crippen molar-refractivity contribution in [3.8, 4) is 0 Å². The third-order valence-corrected chi connectivity index (χ3v) is 5.18. The van der Waals surface area contributed by atoms with Crippen LogP contribution in [0.5, 0.6) is 0 Å². The number of hydroxylamine groups is 2. The van der Waals surface area contributed by atoms with Crippen molar-refractivity contribution in [3.63, 3.8) is 0 Å². The normalized spacial score (nSPS) is 13.9. The van der Waals surface area contributed by atoms with E-state index in [1.165, 1.54) is 44.9 Å². The third kappa shape index (κ3) is 11.7. The number of carbonyl (C=O) groups excluding carboxylic acids is 4. The van der Waals surface area contributed by atoms with Crippen LogP contribution in [0.25, 0.3) is 0 Å². The molecule has 0 radical (unpaired) electrons. The number of rotatable bonds is 18. The van der Waals surface area contributed by atoms with Crippen LogP contribution >= 0.6 is 0 Å². The van der Waals surface area contributed by atoms with E-state index in [4.69, 9.17) is 5.11 Å². The van der Waals surface area contributed by atoms with E-state index in [9.17, 15) is 24.0 Å². The van der Waals surface area contributed by atoms with Crippen LogP contribution in [-0.2, 0) is 28.8 Å². The second-order valence-electron chi connectivity index (χ2n) is 7.90. The van der Waals surface area contributed by atoms with Crippen LogP contribution in [-0.4, -0.2) is 39.7 Å². The summed E-state index contributed by atoms with van der Waals surface area (Å²) in [5, 5.41) is 8.84. The highest BCUT2D eigenvalue weighted by molar-refractivity contribution is 6.46. The minimum atomic E-state index is -1.07. The molecule has 1 heterocycles. The highest BCUT2D eigenvalue weighted by Crippen LogP contribution is 2.15. The number of imide groups is 1. The molecule has 0 aromatic carbocycles. The van der Waals surface area contributed by atoms with Crippen molar-refractivity contribution in [3.05, 3.63) is 0 Å². The van der Waals surface area contributed by atoms with Crippen LogP contribution < -0.4 is 0 Å². The lowest BCUT2D eigenvalue weighted by molar-refractivity contribution is -0.197. The molecule has 2 amide bonds. The maximum Gasteiger partial charge on any atom is 0.333 e. The molecule has 1 N–H and O–H groups in total. The van der Waals surface area contributed by atoms with Crippen LogP contribution in [0, 0.1) is 0 Å². The summed E-state index contributed by atoms with van der Waals surface area (Å²) in [4.78, 5) is 60.5. The number of ketones is 1. The average Bonchev–Trinajstić information content (AvgIpc) is 2.93. The quantitative estimate of drug-likeness (QED) is 0.152. The van der Waals surface area contributed by atoms with Gasteiger partial charge < -0.3 is 9.94 Å². The summed E-state index contributed by atoms with van der Waals surface area (Å²) >= 11 is 0. The molecule has 0 unspecified atom stereocenters. The number of amides is 2. The number of carboxylic acid groups (broad SMARTS) is 1. The minimum Gasteiger partial charge on any atom is -0.481 e. The first-order chi connectivity index (χ1) is 14.4. The van der Waals surface area contributed by atoms with E-state index in [0.29, 0.717) is 6.42 Å². The third-order valence-electron chi connectivity index (χ3n) is 5.18. The summed E-state index contributed by atoms with van der Waals surface area (Å²) in [5.41, 5.74) is 0. The smallest absolute Gasteiger partial charge is 0.333 e. The summed E-state index contributed by atoms with van der Waals surface area (Å²) in [5.74, 6) is -4.06. The lowest BCUT2D eigenvalue weighted by Gasteiger charge is -2.11. The monoisotopic (exact) mass is 425 g/mol. The van der Waals surface area contributed by atoms with Gasteiger partial charge in [-0.25, -0.2) is 4.79 Å². The van der Waals surface area contributed by atoms with Gasteiger partial charge in [0.05, 0.1) is 6.42 Å². The van der Waals surface area contributed by atoms with E-state index in [-0.39, 0.29) is 17.9 Å². The number of aliphatic carboxylic acids is 1. The Morgan fingerprint density at radius 3 is 1.47 bits per heavy atom. The number of hydrogen-bond donors (Lipinski definition) is 1. The van der Waals surface area contributed by atoms with E-state index >= 15 is 0 Å². The van der Waals surface area contributed by atoms with E-state index in [1.807, 2.05) is 0 Å². The zero-order valence-corrected chi connectivity index (χ0v) is 17.9. The Balaban J connectivity index is 1.83. The fourth-order valence-electron chi connectivity index (χ4n) is 3.42. The molecule has 8 nitrogen and oxygen atoms in total. The summed E-state index contributed by atoms with van der Waals surface area (Å²) in [6.07, 6.45) is 15.0. The molecular formula is C22H35NO7. The van der Waals surface area contributed by atoms with Crippen LogP contribution in [0.2, 0.25) is 0 Å². The molecule has 0 bridgehead atoms. The number of nitrogens with zero attached hydrogens (tertiary/aromatic N) is 1. The Morgan fingerprint density at radius 1 is 0.700 bits per heavy atom. The SMILES string of the molecule is O=C(O)CCCCCCCCCCCCCCCCC(=O)ON1C(=O)CC(=O)C1=O. The van der Waals surface area contributed by atoms with Crippen molar-refractivity contribution >= 4 is 29.5 Å². The molecule has 1 aliphatic rings. The molecule has 0 spiro atoms. The molecule has 1 saturated heterocycles. The largest absolute Gasteiger partial charge is 0.481 e. The van der Waals surface area contributed by atoms with Crippen molar-refractivity contribution in [2.24, 2.45) is 0 Å². The van der Waals surface area contributed by atoms with Crippen molar-refractivity contribution in [1.29, 1.82) is 0 Å². The molecule has 0 aromatic heterocycles. The number of unbranched alkanes of at least 4 members (excludes halogenated alkanes) is 13. The van der Waals surface area contributed by atoms with Crippen molar-refractivity contribution in [2.75, 3.05) is 0 Å². The summed E-state index contributed by atoms with van der Waals surface area (Å²) in [6.45, 7) is 0. The predicted octanol–water partition coefficient (Wildman–Crippen LogP) is 4.10. The molecule has 1 aliphatic heterocycles. The van der Waals surface area contributed by atoms with Crippen LogP contribution in [0.4, 0.5) is 0 Å². The van der Waals surface area contributed by atoms with Gasteiger partial charge in [0.1, 0.15) is 0 Å². The Kier molecular flexibility index (Phi) is 13.4. The first kappa shape index (κ1) is 25.8. The standard InChI is InChI=1S/C22H35NO7/c24-18-17-19(25)23(22(18)29)30-21(28)16-14-12-10-8-6-4-2-1-3-5-7-9-11-13-15-20(26)27/h1-17H2,(H,26,27). The van der Waals surface area contributed by atoms with E-state index < -0.39 is 36.0 Å². The first-order valence-corrected chi connectivity index (χ1v) is 11.2. The minimum absolute atomic E-state index is 0.127. The van der Waals surface area contributed by atoms with Gasteiger partial charge in [-0.15, -0.1) is 0 Å². The van der Waals surface area contributed by atoms with Gasteiger partial charge in [0.15, 0.2) is 0 Å². The Morgan fingerprint density at radius 2 is 1.10 bits per heavy atom. The fraction of sp³-hybridized carbons (Fsp3) is 0.773. The Bertz CT molecular complexity index is 588. The van der Waals surface area contributed by atoms with E-state index in [1.54, 1.807) is 0 Å². The number of carbonyl (C=O) groups is 5. The lowest BCUT2D eigenvalue weighted by atomic mass is 10.0. The molecular weight excluding hydrogens is 390 g/mol. The lowest BCUT2D eigenvalue weighted by Crippen LogP contribution is -2.33. The maximum absolute atomic E-state index is 11.7. The van der Waals surface area contributed by atoms with Crippen molar-refractivity contribution in [2.45, 2.75) is 109 Å². The van der Waals surface area contributed by atoms with Gasteiger partial charge in [-0.2, -0.15) is 0 Å². The zero-order valence-electron chi connectivity index (χ0n) is 17.9. The van der Waals surface area contributed by atoms with Crippen LogP contribution in [0.1, 0.15) is 109 Å². The van der Waals surface area contributed by atoms with Gasteiger partial charge in [-0.1, -0.05) is 82.1 Å². The molecule has 8 heteroatoms. The fourth-order valence-corrected chi connectivity index (χ4v) is 3.42. The van der Waals surface area contributed by atoms with E-state index in [2.05, 4.69) is 4.84 Å². The number of carboxylic acids is 1. The summed E-state index contributed by atoms with van der Waals surface area (Å²) in [6, 6.07) is 0. The second kappa shape index (κ2) is 15.6. The topological polar surface area (TPSA) is 118 Å². The van der Waals surface area contributed by atoms with Gasteiger partial charge in [-0.05, 0) is 12.8 Å². The molecule has 0 aliphatic carbocycles. The van der Waals surface area contributed by atoms with Gasteiger partial charge in [0, 0.05) is 12.8 Å². The average molecular weight is 426 g/mol. The summed E-state index contributed by atoms with van der Waals surface area (Å²) in [7, 11) is 0. The number of hydrogen-bond acceptors (Lipinski definition) is 6. The van der Waals surface area contributed by atoms with E-state index in [0.717, 1.165) is 38.5 Å². The van der Waals surface area contributed by atoms with Crippen LogP contribution in [0.15, 0.2) is 0 Å². The molecule has 1 rings (SSSR count). The number of Topliss-reactive ketones (excluding diaryl/α,β-unsaturated/α-hetero) is 1. The first-order valence-electron chi connectivity index (χ1n) is 11.2. The van der Waals surface area contributed by atoms with Gasteiger partial charge in [-0.3, -0.25) is 19.2 Å². The van der Waals surface area contributed by atoms with Crippen molar-refractivity contribution < 1.29 is 33.9 Å². The Labute approximate surface area is 178 Å². The second-order valence-corrected chi connectivity index (χ2v) is 7.90. The molecule has 0 saturated carbocycles. The Hall–Kier alpha value is -2.25. The maximum atomic E-state index is 11.7. The zero-order chi connectivity index (χ0) is 22.2. The summed E-state index contributed by atoms with van der Waals surface area (Å²) < 4.78 is 0. The van der Waals surface area contributed by atoms with Gasteiger partial charge in [0.25, 0.3) is 5.91 Å². The molecule has 170 valence electrons. The molecule has 0 atom stereocenters. The molecule has 30 heavy (non-hydrogen) atoms.